The zero-order valence-electron chi connectivity index (χ0n) is 15.0. The van der Waals surface area contributed by atoms with Gasteiger partial charge in [-0.3, -0.25) is 0 Å². The van der Waals surface area contributed by atoms with Gasteiger partial charge in [0.15, 0.2) is 0 Å². The van der Waals surface area contributed by atoms with E-state index in [-0.39, 0.29) is 0 Å². The van der Waals surface area contributed by atoms with Crippen molar-refractivity contribution in [2.75, 3.05) is 0 Å². The Morgan fingerprint density at radius 3 is 1.35 bits per heavy atom. The van der Waals surface area contributed by atoms with E-state index in [1.165, 1.54) is 51.4 Å². The molecule has 0 aromatic heterocycles. The zero-order chi connectivity index (χ0) is 15.0. The second kappa shape index (κ2) is 6.01. The van der Waals surface area contributed by atoms with Crippen LogP contribution < -0.4 is 0 Å². The number of rotatable bonds is 0. The van der Waals surface area contributed by atoms with Crippen molar-refractivity contribution in [3.63, 3.8) is 0 Å². The molecule has 0 aromatic rings. The first-order chi connectivity index (χ1) is 9.21. The first-order valence-electron chi connectivity index (χ1n) is 9.21. The van der Waals surface area contributed by atoms with Crippen LogP contribution in [0, 0.1) is 34.5 Å². The topological polar surface area (TPSA) is 0 Å². The van der Waals surface area contributed by atoms with Gasteiger partial charge in [-0.15, -0.1) is 0 Å². The van der Waals surface area contributed by atoms with Crippen LogP contribution in [0.3, 0.4) is 0 Å². The average Bonchev–Trinajstić information content (AvgIpc) is 2.87. The predicted octanol–water partition coefficient (Wildman–Crippen LogP) is 6.69. The first-order valence-corrected chi connectivity index (χ1v) is 9.21. The lowest BCUT2D eigenvalue weighted by Crippen LogP contribution is -2.22. The maximum atomic E-state index is 2.40. The summed E-state index contributed by atoms with van der Waals surface area (Å²) in [6, 6.07) is 0. The van der Waals surface area contributed by atoms with Crippen molar-refractivity contribution in [2.24, 2.45) is 34.5 Å². The second-order valence-electron chi connectivity index (χ2n) is 9.85. The van der Waals surface area contributed by atoms with Crippen molar-refractivity contribution >= 4 is 0 Å². The van der Waals surface area contributed by atoms with Crippen LogP contribution in [-0.2, 0) is 0 Å². The van der Waals surface area contributed by atoms with Crippen LogP contribution >= 0.6 is 0 Å². The van der Waals surface area contributed by atoms with E-state index in [0.29, 0.717) is 10.8 Å². The number of hydrogen-bond acceptors (Lipinski definition) is 0. The van der Waals surface area contributed by atoms with E-state index in [2.05, 4.69) is 41.5 Å². The summed E-state index contributed by atoms with van der Waals surface area (Å²) in [6.45, 7) is 14.3. The lowest BCUT2D eigenvalue weighted by atomic mass is 9.72. The van der Waals surface area contributed by atoms with Gasteiger partial charge in [-0.2, -0.15) is 0 Å². The molecular formula is C20H38. The van der Waals surface area contributed by atoms with Crippen LogP contribution in [0.25, 0.3) is 0 Å². The Labute approximate surface area is 128 Å². The molecule has 0 amide bonds. The van der Waals surface area contributed by atoms with Crippen molar-refractivity contribution in [2.45, 2.75) is 92.9 Å². The molecule has 3 aliphatic carbocycles. The average molecular weight is 279 g/mol. The van der Waals surface area contributed by atoms with Gasteiger partial charge in [0.25, 0.3) is 0 Å². The summed E-state index contributed by atoms with van der Waals surface area (Å²) in [5, 5.41) is 0. The van der Waals surface area contributed by atoms with E-state index >= 15 is 0 Å². The van der Waals surface area contributed by atoms with Crippen molar-refractivity contribution < 1.29 is 0 Å². The quantitative estimate of drug-likeness (QED) is 0.463. The lowest BCUT2D eigenvalue weighted by molar-refractivity contribution is 0.180. The molecule has 0 aliphatic heterocycles. The molecule has 0 spiro atoms. The molecule has 0 saturated heterocycles. The Morgan fingerprint density at radius 1 is 0.550 bits per heavy atom. The van der Waals surface area contributed by atoms with Crippen molar-refractivity contribution in [1.82, 2.24) is 0 Å². The molecular weight excluding hydrogens is 240 g/mol. The van der Waals surface area contributed by atoms with Crippen molar-refractivity contribution in [3.05, 3.63) is 0 Å². The Bertz CT molecular complexity index is 273. The zero-order valence-corrected chi connectivity index (χ0v) is 15.0. The van der Waals surface area contributed by atoms with E-state index in [1.807, 2.05) is 0 Å². The third-order valence-corrected chi connectivity index (χ3v) is 6.24. The Hall–Kier alpha value is 0. The number of hydrogen-bond donors (Lipinski definition) is 0. The lowest BCUT2D eigenvalue weighted by Gasteiger charge is -2.33. The predicted molar refractivity (Wildman–Crippen MR) is 89.8 cm³/mol. The van der Waals surface area contributed by atoms with Crippen LogP contribution in [0.5, 0.6) is 0 Å². The van der Waals surface area contributed by atoms with Gasteiger partial charge in [0.1, 0.15) is 0 Å². The SMILES string of the molecule is CC(C)(C)C1C2CCCC21.CC(C)(C)C1CCCCC1. The fourth-order valence-electron chi connectivity index (χ4n) is 5.07. The summed E-state index contributed by atoms with van der Waals surface area (Å²) in [6.07, 6.45) is 12.0. The van der Waals surface area contributed by atoms with Gasteiger partial charge in [-0.25, -0.2) is 0 Å². The molecule has 3 fully saturated rings. The Kier molecular flexibility index (Phi) is 4.92. The van der Waals surface area contributed by atoms with E-state index < -0.39 is 0 Å². The summed E-state index contributed by atoms with van der Waals surface area (Å²) < 4.78 is 0. The third-order valence-electron chi connectivity index (χ3n) is 6.24. The van der Waals surface area contributed by atoms with Crippen LogP contribution in [-0.4, -0.2) is 0 Å². The second-order valence-corrected chi connectivity index (χ2v) is 9.85. The van der Waals surface area contributed by atoms with Gasteiger partial charge in [0, 0.05) is 0 Å². The van der Waals surface area contributed by atoms with Gasteiger partial charge in [-0.05, 0) is 60.2 Å². The van der Waals surface area contributed by atoms with Crippen LogP contribution in [0.1, 0.15) is 92.9 Å². The van der Waals surface area contributed by atoms with Gasteiger partial charge >= 0.3 is 0 Å². The molecule has 0 N–H and O–H groups in total. The molecule has 3 saturated carbocycles. The monoisotopic (exact) mass is 278 g/mol. The molecule has 0 aromatic carbocycles. The largest absolute Gasteiger partial charge is 0.0599 e. The minimum absolute atomic E-state index is 0.570. The smallest absolute Gasteiger partial charge is 0.0303 e. The molecule has 0 heteroatoms. The molecule has 3 rings (SSSR count). The maximum absolute atomic E-state index is 2.40. The summed E-state index contributed by atoms with van der Waals surface area (Å²) >= 11 is 0. The Balaban J connectivity index is 0.000000147. The normalized spacial score (nSPS) is 34.2. The van der Waals surface area contributed by atoms with Gasteiger partial charge in [-0.1, -0.05) is 67.2 Å². The third kappa shape index (κ3) is 4.01. The molecule has 0 nitrogen and oxygen atoms in total. The highest BCUT2D eigenvalue weighted by Gasteiger charge is 2.56. The first kappa shape index (κ1) is 16.4. The number of fused-ring (bicyclic) bond motifs is 1. The fraction of sp³-hybridized carbons (Fsp3) is 1.00. The summed E-state index contributed by atoms with van der Waals surface area (Å²) in [7, 11) is 0. The summed E-state index contributed by atoms with van der Waals surface area (Å²) in [4.78, 5) is 0. The minimum atomic E-state index is 0.570. The van der Waals surface area contributed by atoms with E-state index in [0.717, 1.165) is 23.7 Å². The molecule has 118 valence electrons. The summed E-state index contributed by atoms with van der Waals surface area (Å²) in [5.74, 6) is 4.36. The molecule has 0 bridgehead atoms. The molecule has 3 aliphatic rings. The van der Waals surface area contributed by atoms with Gasteiger partial charge in [0.05, 0.1) is 0 Å². The molecule has 20 heavy (non-hydrogen) atoms. The van der Waals surface area contributed by atoms with Gasteiger partial charge < -0.3 is 0 Å². The Morgan fingerprint density at radius 2 is 1.05 bits per heavy atom. The molecule has 2 atom stereocenters. The molecule has 2 unspecified atom stereocenters. The fourth-order valence-corrected chi connectivity index (χ4v) is 5.07. The molecule has 0 radical (unpaired) electrons. The van der Waals surface area contributed by atoms with Crippen molar-refractivity contribution in [3.8, 4) is 0 Å². The van der Waals surface area contributed by atoms with Crippen LogP contribution in [0.15, 0.2) is 0 Å². The molecule has 0 heterocycles. The minimum Gasteiger partial charge on any atom is -0.0599 e. The van der Waals surface area contributed by atoms with E-state index in [4.69, 9.17) is 0 Å². The van der Waals surface area contributed by atoms with Crippen molar-refractivity contribution in [1.29, 1.82) is 0 Å². The van der Waals surface area contributed by atoms with E-state index in [9.17, 15) is 0 Å². The van der Waals surface area contributed by atoms with Crippen LogP contribution in [0.4, 0.5) is 0 Å². The highest BCUT2D eigenvalue weighted by atomic mass is 14.6. The maximum Gasteiger partial charge on any atom is -0.0303 e. The highest BCUT2D eigenvalue weighted by Crippen LogP contribution is 2.64. The van der Waals surface area contributed by atoms with E-state index in [1.54, 1.807) is 0 Å². The standard InChI is InChI=1S/C10H18.C10H20/c1-10(2,3)9-7-5-4-6-8(7)9;1-10(2,3)9-7-5-4-6-8-9/h7-9H,4-6H2,1-3H3;9H,4-8H2,1-3H3. The summed E-state index contributed by atoms with van der Waals surface area (Å²) in [5.41, 5.74) is 1.18. The van der Waals surface area contributed by atoms with Gasteiger partial charge in [0.2, 0.25) is 0 Å². The highest BCUT2D eigenvalue weighted by molar-refractivity contribution is 5.05. The van der Waals surface area contributed by atoms with Crippen LogP contribution in [0.2, 0.25) is 0 Å².